The molecular weight excluding hydrogens is 332 g/mol. The predicted octanol–water partition coefficient (Wildman–Crippen LogP) is 4.60. The van der Waals surface area contributed by atoms with Gasteiger partial charge in [-0.2, -0.15) is 5.26 Å². The van der Waals surface area contributed by atoms with E-state index in [1.54, 1.807) is 11.3 Å². The van der Waals surface area contributed by atoms with E-state index in [0.29, 0.717) is 25.0 Å². The van der Waals surface area contributed by atoms with E-state index in [2.05, 4.69) is 11.4 Å². The van der Waals surface area contributed by atoms with Gasteiger partial charge in [-0.3, -0.25) is 4.79 Å². The van der Waals surface area contributed by atoms with E-state index in [0.717, 1.165) is 35.6 Å². The first kappa shape index (κ1) is 17.5. The van der Waals surface area contributed by atoms with Gasteiger partial charge >= 0.3 is 0 Å². The van der Waals surface area contributed by atoms with Gasteiger partial charge in [0.25, 0.3) is 0 Å². The molecular formula is C20H22N2O2S. The molecule has 0 unspecified atom stereocenters. The molecule has 1 aliphatic rings. The monoisotopic (exact) mass is 354 g/mol. The summed E-state index contributed by atoms with van der Waals surface area (Å²) in [6.07, 6.45) is 5.31. The quantitative estimate of drug-likeness (QED) is 0.771. The summed E-state index contributed by atoms with van der Waals surface area (Å²) >= 11 is 1.57. The highest BCUT2D eigenvalue weighted by Crippen LogP contribution is 2.37. The number of nitrogens with one attached hydrogen (secondary N) is 1. The lowest BCUT2D eigenvalue weighted by Crippen LogP contribution is -2.12. The topological polar surface area (TPSA) is 62.1 Å². The third-order valence-corrected chi connectivity index (χ3v) is 5.58. The van der Waals surface area contributed by atoms with Crippen molar-refractivity contribution in [1.82, 2.24) is 0 Å². The van der Waals surface area contributed by atoms with E-state index in [1.807, 2.05) is 31.2 Å². The van der Waals surface area contributed by atoms with Crippen LogP contribution >= 0.6 is 11.3 Å². The van der Waals surface area contributed by atoms with Crippen molar-refractivity contribution in [2.45, 2.75) is 45.4 Å². The number of benzene rings is 1. The number of nitriles is 1. The lowest BCUT2D eigenvalue weighted by atomic mass is 9.96. The summed E-state index contributed by atoms with van der Waals surface area (Å²) < 4.78 is 5.64. The van der Waals surface area contributed by atoms with E-state index in [1.165, 1.54) is 16.9 Å². The van der Waals surface area contributed by atoms with Crippen LogP contribution in [0.4, 0.5) is 5.00 Å². The SMILES string of the molecule is Cc1ccc(OCCCC(=O)Nc2sc3c(c2C#N)CCCC3)cc1. The lowest BCUT2D eigenvalue weighted by molar-refractivity contribution is -0.116. The predicted molar refractivity (Wildman–Crippen MR) is 100 cm³/mol. The second-order valence-electron chi connectivity index (χ2n) is 6.34. The molecule has 4 nitrogen and oxygen atoms in total. The third-order valence-electron chi connectivity index (χ3n) is 4.37. The minimum atomic E-state index is -0.0531. The van der Waals surface area contributed by atoms with Crippen molar-refractivity contribution in [2.24, 2.45) is 0 Å². The summed E-state index contributed by atoms with van der Waals surface area (Å²) in [4.78, 5) is 13.4. The van der Waals surface area contributed by atoms with Crippen LogP contribution in [0.5, 0.6) is 5.75 Å². The summed E-state index contributed by atoms with van der Waals surface area (Å²) in [6.45, 7) is 2.54. The number of ether oxygens (including phenoxy) is 1. The third kappa shape index (κ3) is 4.40. The molecule has 0 radical (unpaired) electrons. The normalized spacial score (nSPS) is 13.0. The molecule has 1 aromatic carbocycles. The van der Waals surface area contributed by atoms with Crippen molar-refractivity contribution in [3.63, 3.8) is 0 Å². The summed E-state index contributed by atoms with van der Waals surface area (Å²) in [6, 6.07) is 10.2. The van der Waals surface area contributed by atoms with Gasteiger partial charge in [-0.15, -0.1) is 11.3 Å². The molecule has 0 aliphatic heterocycles. The van der Waals surface area contributed by atoms with E-state index in [4.69, 9.17) is 4.74 Å². The Bertz CT molecular complexity index is 787. The first-order chi connectivity index (χ1) is 12.2. The van der Waals surface area contributed by atoms with Crippen molar-refractivity contribution in [3.8, 4) is 11.8 Å². The Labute approximate surface area is 152 Å². The number of thiophene rings is 1. The number of hydrogen-bond acceptors (Lipinski definition) is 4. The van der Waals surface area contributed by atoms with Crippen LogP contribution < -0.4 is 10.1 Å². The molecule has 130 valence electrons. The Kier molecular flexibility index (Phi) is 5.72. The van der Waals surface area contributed by atoms with Crippen LogP contribution in [0, 0.1) is 18.3 Å². The Balaban J connectivity index is 1.49. The number of nitrogens with zero attached hydrogens (tertiary/aromatic N) is 1. The van der Waals surface area contributed by atoms with Gasteiger partial charge in [0.15, 0.2) is 0 Å². The van der Waals surface area contributed by atoms with Gasteiger partial charge < -0.3 is 10.1 Å². The second-order valence-corrected chi connectivity index (χ2v) is 7.45. The summed E-state index contributed by atoms with van der Waals surface area (Å²) in [5, 5.41) is 13.1. The molecule has 25 heavy (non-hydrogen) atoms. The van der Waals surface area contributed by atoms with Crippen molar-refractivity contribution < 1.29 is 9.53 Å². The van der Waals surface area contributed by atoms with E-state index < -0.39 is 0 Å². The van der Waals surface area contributed by atoms with Crippen LogP contribution in [0.25, 0.3) is 0 Å². The molecule has 0 fully saturated rings. The molecule has 1 aromatic heterocycles. The molecule has 3 rings (SSSR count). The summed E-state index contributed by atoms with van der Waals surface area (Å²) in [5.74, 6) is 0.770. The maximum absolute atomic E-state index is 12.2. The molecule has 1 aliphatic carbocycles. The van der Waals surface area contributed by atoms with Gasteiger partial charge in [-0.1, -0.05) is 17.7 Å². The smallest absolute Gasteiger partial charge is 0.225 e. The zero-order valence-electron chi connectivity index (χ0n) is 14.4. The zero-order valence-corrected chi connectivity index (χ0v) is 15.2. The van der Waals surface area contributed by atoms with Crippen LogP contribution in [0.2, 0.25) is 0 Å². The van der Waals surface area contributed by atoms with Gasteiger partial charge in [-0.25, -0.2) is 0 Å². The van der Waals surface area contributed by atoms with Crippen LogP contribution in [-0.4, -0.2) is 12.5 Å². The number of anilines is 1. The number of aryl methyl sites for hydroxylation is 2. The molecule has 5 heteroatoms. The number of carbonyl (C=O) groups is 1. The molecule has 1 amide bonds. The number of rotatable bonds is 6. The fraction of sp³-hybridized carbons (Fsp3) is 0.400. The van der Waals surface area contributed by atoms with Crippen LogP contribution in [0.1, 0.15) is 47.3 Å². The zero-order chi connectivity index (χ0) is 17.6. The molecule has 0 spiro atoms. The Morgan fingerprint density at radius 1 is 1.28 bits per heavy atom. The van der Waals surface area contributed by atoms with Crippen LogP contribution in [-0.2, 0) is 17.6 Å². The molecule has 1 N–H and O–H groups in total. The minimum absolute atomic E-state index is 0.0531. The number of hydrogen-bond donors (Lipinski definition) is 1. The lowest BCUT2D eigenvalue weighted by Gasteiger charge is -2.09. The van der Waals surface area contributed by atoms with E-state index in [-0.39, 0.29) is 5.91 Å². The Morgan fingerprint density at radius 3 is 2.80 bits per heavy atom. The minimum Gasteiger partial charge on any atom is -0.494 e. The Hall–Kier alpha value is -2.32. The molecule has 0 saturated heterocycles. The van der Waals surface area contributed by atoms with Gasteiger partial charge in [0.05, 0.1) is 12.2 Å². The second kappa shape index (κ2) is 8.17. The van der Waals surface area contributed by atoms with Gasteiger partial charge in [0, 0.05) is 11.3 Å². The van der Waals surface area contributed by atoms with Crippen LogP contribution in [0.3, 0.4) is 0 Å². The fourth-order valence-corrected chi connectivity index (χ4v) is 4.27. The van der Waals surface area contributed by atoms with Gasteiger partial charge in [-0.05, 0) is 56.7 Å². The number of amides is 1. The van der Waals surface area contributed by atoms with Crippen molar-refractivity contribution >= 4 is 22.2 Å². The summed E-state index contributed by atoms with van der Waals surface area (Å²) in [5.41, 5.74) is 3.01. The average Bonchev–Trinajstić information content (AvgIpc) is 2.97. The largest absolute Gasteiger partial charge is 0.494 e. The average molecular weight is 354 g/mol. The highest BCUT2D eigenvalue weighted by atomic mass is 32.1. The van der Waals surface area contributed by atoms with E-state index >= 15 is 0 Å². The standard InChI is InChI=1S/C20H22N2O2S/c1-14-8-10-15(11-9-14)24-12-4-7-19(23)22-20-17(13-21)16-5-2-3-6-18(16)25-20/h8-11H,2-7,12H2,1H3,(H,22,23). The highest BCUT2D eigenvalue weighted by Gasteiger charge is 2.21. The molecule has 1 heterocycles. The van der Waals surface area contributed by atoms with Gasteiger partial charge in [0.1, 0.15) is 16.8 Å². The fourth-order valence-electron chi connectivity index (χ4n) is 3.02. The van der Waals surface area contributed by atoms with Crippen LogP contribution in [0.15, 0.2) is 24.3 Å². The van der Waals surface area contributed by atoms with Gasteiger partial charge in [0.2, 0.25) is 5.91 Å². The van der Waals surface area contributed by atoms with Crippen molar-refractivity contribution in [3.05, 3.63) is 45.8 Å². The molecule has 0 bridgehead atoms. The molecule has 2 aromatic rings. The first-order valence-electron chi connectivity index (χ1n) is 8.71. The number of fused-ring (bicyclic) bond motifs is 1. The highest BCUT2D eigenvalue weighted by molar-refractivity contribution is 7.16. The van der Waals surface area contributed by atoms with Crippen molar-refractivity contribution in [2.75, 3.05) is 11.9 Å². The number of carbonyl (C=O) groups excluding carboxylic acids is 1. The molecule has 0 atom stereocenters. The van der Waals surface area contributed by atoms with Crippen molar-refractivity contribution in [1.29, 1.82) is 5.26 Å². The molecule has 0 saturated carbocycles. The first-order valence-corrected chi connectivity index (χ1v) is 9.53. The van der Waals surface area contributed by atoms with E-state index in [9.17, 15) is 10.1 Å². The maximum atomic E-state index is 12.2. The Morgan fingerprint density at radius 2 is 2.04 bits per heavy atom. The summed E-state index contributed by atoms with van der Waals surface area (Å²) in [7, 11) is 0. The maximum Gasteiger partial charge on any atom is 0.225 e.